The molecule has 2 unspecified atom stereocenters. The predicted molar refractivity (Wildman–Crippen MR) is 54.5 cm³/mol. The van der Waals surface area contributed by atoms with Crippen molar-refractivity contribution in [1.29, 1.82) is 0 Å². The zero-order valence-electron chi connectivity index (χ0n) is 8.58. The van der Waals surface area contributed by atoms with Crippen molar-refractivity contribution < 1.29 is 5.11 Å². The number of hydrogen-bond acceptors (Lipinski definition) is 3. The largest absolute Gasteiger partial charge is 0.396 e. The van der Waals surface area contributed by atoms with E-state index in [4.69, 9.17) is 10.8 Å². The van der Waals surface area contributed by atoms with E-state index >= 15 is 0 Å². The van der Waals surface area contributed by atoms with E-state index in [1.165, 1.54) is 19.4 Å². The fraction of sp³-hybridized carbons (Fsp3) is 1.00. The molecule has 0 amide bonds. The summed E-state index contributed by atoms with van der Waals surface area (Å²) in [5.41, 5.74) is 5.71. The molecule has 1 rings (SSSR count). The van der Waals surface area contributed by atoms with Crippen LogP contribution in [0.15, 0.2) is 0 Å². The Morgan fingerprint density at radius 1 is 1.62 bits per heavy atom. The van der Waals surface area contributed by atoms with Crippen LogP contribution in [-0.4, -0.2) is 43.3 Å². The van der Waals surface area contributed by atoms with Gasteiger partial charge in [-0.05, 0) is 51.2 Å². The van der Waals surface area contributed by atoms with Gasteiger partial charge in [0.15, 0.2) is 0 Å². The normalized spacial score (nSPS) is 27.5. The second-order valence-corrected chi connectivity index (χ2v) is 4.17. The Labute approximate surface area is 80.9 Å². The van der Waals surface area contributed by atoms with Gasteiger partial charge in [0.1, 0.15) is 0 Å². The lowest BCUT2D eigenvalue weighted by Gasteiger charge is -2.34. The van der Waals surface area contributed by atoms with Crippen molar-refractivity contribution in [2.24, 2.45) is 17.6 Å². The third-order valence-electron chi connectivity index (χ3n) is 3.13. The molecule has 0 bridgehead atoms. The monoisotopic (exact) mass is 186 g/mol. The van der Waals surface area contributed by atoms with Crippen molar-refractivity contribution in [3.63, 3.8) is 0 Å². The number of piperidine rings is 1. The molecule has 0 aromatic heterocycles. The second kappa shape index (κ2) is 5.58. The average Bonchev–Trinajstić information content (AvgIpc) is 2.14. The molecule has 2 atom stereocenters. The van der Waals surface area contributed by atoms with Gasteiger partial charge < -0.3 is 15.7 Å². The smallest absolute Gasteiger partial charge is 0.0434 e. The molecule has 3 N–H and O–H groups in total. The van der Waals surface area contributed by atoms with Gasteiger partial charge in [-0.15, -0.1) is 0 Å². The summed E-state index contributed by atoms with van der Waals surface area (Å²) in [6.45, 7) is 3.37. The molecule has 78 valence electrons. The third kappa shape index (κ3) is 3.25. The molecule has 1 aliphatic heterocycles. The van der Waals surface area contributed by atoms with Crippen LogP contribution in [0.25, 0.3) is 0 Å². The van der Waals surface area contributed by atoms with E-state index in [1.807, 2.05) is 0 Å². The standard InChI is InChI=1S/C10H22N2O/c1-12-5-2-3-10(8-12)9(7-11)4-6-13/h9-10,13H,2-8,11H2,1H3. The summed E-state index contributed by atoms with van der Waals surface area (Å²) in [7, 11) is 2.17. The van der Waals surface area contributed by atoms with Crippen molar-refractivity contribution in [3.8, 4) is 0 Å². The van der Waals surface area contributed by atoms with E-state index in [0.717, 1.165) is 19.5 Å². The van der Waals surface area contributed by atoms with Crippen molar-refractivity contribution >= 4 is 0 Å². The highest BCUT2D eigenvalue weighted by molar-refractivity contribution is 4.77. The highest BCUT2D eigenvalue weighted by Crippen LogP contribution is 2.24. The van der Waals surface area contributed by atoms with Crippen LogP contribution in [0.3, 0.4) is 0 Å². The fourth-order valence-electron chi connectivity index (χ4n) is 2.30. The zero-order valence-corrected chi connectivity index (χ0v) is 8.58. The molecule has 1 heterocycles. The topological polar surface area (TPSA) is 49.5 Å². The molecule has 13 heavy (non-hydrogen) atoms. The summed E-state index contributed by atoms with van der Waals surface area (Å²) in [5, 5.41) is 8.90. The molecule has 0 aromatic rings. The molecular weight excluding hydrogens is 164 g/mol. The SMILES string of the molecule is CN1CCCC(C(CN)CCO)C1. The van der Waals surface area contributed by atoms with Crippen LogP contribution in [0.2, 0.25) is 0 Å². The summed E-state index contributed by atoms with van der Waals surface area (Å²) in [6, 6.07) is 0. The maximum atomic E-state index is 8.90. The van der Waals surface area contributed by atoms with E-state index in [0.29, 0.717) is 11.8 Å². The minimum atomic E-state index is 0.280. The van der Waals surface area contributed by atoms with E-state index < -0.39 is 0 Å². The molecule has 1 aliphatic rings. The molecule has 1 fully saturated rings. The van der Waals surface area contributed by atoms with E-state index in [9.17, 15) is 0 Å². The number of nitrogens with two attached hydrogens (primary N) is 1. The molecule has 0 radical (unpaired) electrons. The lowest BCUT2D eigenvalue weighted by atomic mass is 9.84. The molecule has 1 saturated heterocycles. The predicted octanol–water partition coefficient (Wildman–Crippen LogP) is 0.286. The quantitative estimate of drug-likeness (QED) is 0.663. The van der Waals surface area contributed by atoms with Crippen LogP contribution in [-0.2, 0) is 0 Å². The Morgan fingerprint density at radius 3 is 2.92 bits per heavy atom. The van der Waals surface area contributed by atoms with Crippen LogP contribution in [0.1, 0.15) is 19.3 Å². The number of nitrogens with zero attached hydrogens (tertiary/aromatic N) is 1. The van der Waals surface area contributed by atoms with Gasteiger partial charge >= 0.3 is 0 Å². The Balaban J connectivity index is 2.37. The van der Waals surface area contributed by atoms with Crippen LogP contribution in [0.4, 0.5) is 0 Å². The van der Waals surface area contributed by atoms with Gasteiger partial charge in [-0.3, -0.25) is 0 Å². The van der Waals surface area contributed by atoms with E-state index in [1.54, 1.807) is 0 Å². The van der Waals surface area contributed by atoms with Crippen molar-refractivity contribution in [2.75, 3.05) is 33.3 Å². The summed E-state index contributed by atoms with van der Waals surface area (Å²) >= 11 is 0. The first-order valence-corrected chi connectivity index (χ1v) is 5.27. The zero-order chi connectivity index (χ0) is 9.68. The van der Waals surface area contributed by atoms with Crippen LogP contribution in [0, 0.1) is 11.8 Å². The highest BCUT2D eigenvalue weighted by Gasteiger charge is 2.24. The van der Waals surface area contributed by atoms with Crippen LogP contribution in [0.5, 0.6) is 0 Å². The highest BCUT2D eigenvalue weighted by atomic mass is 16.3. The van der Waals surface area contributed by atoms with Gasteiger partial charge in [-0.25, -0.2) is 0 Å². The van der Waals surface area contributed by atoms with Crippen LogP contribution >= 0.6 is 0 Å². The van der Waals surface area contributed by atoms with Crippen molar-refractivity contribution in [1.82, 2.24) is 4.90 Å². The first-order valence-electron chi connectivity index (χ1n) is 5.27. The Morgan fingerprint density at radius 2 is 2.38 bits per heavy atom. The molecule has 0 aliphatic carbocycles. The summed E-state index contributed by atoms with van der Waals surface area (Å²) < 4.78 is 0. The molecular formula is C10H22N2O. The van der Waals surface area contributed by atoms with Crippen molar-refractivity contribution in [3.05, 3.63) is 0 Å². The van der Waals surface area contributed by atoms with Gasteiger partial charge in [-0.1, -0.05) is 0 Å². The van der Waals surface area contributed by atoms with Gasteiger partial charge in [0.2, 0.25) is 0 Å². The molecule has 3 heteroatoms. The van der Waals surface area contributed by atoms with E-state index in [-0.39, 0.29) is 6.61 Å². The van der Waals surface area contributed by atoms with Crippen molar-refractivity contribution in [2.45, 2.75) is 19.3 Å². The second-order valence-electron chi connectivity index (χ2n) is 4.17. The lowest BCUT2D eigenvalue weighted by molar-refractivity contribution is 0.139. The first kappa shape index (κ1) is 11.0. The van der Waals surface area contributed by atoms with Gasteiger partial charge in [0, 0.05) is 13.2 Å². The maximum Gasteiger partial charge on any atom is 0.0434 e. The van der Waals surface area contributed by atoms with Crippen LogP contribution < -0.4 is 5.73 Å². The molecule has 0 saturated carbocycles. The number of aliphatic hydroxyl groups excluding tert-OH is 1. The lowest BCUT2D eigenvalue weighted by Crippen LogP contribution is -2.38. The molecule has 0 spiro atoms. The Bertz CT molecular complexity index is 141. The van der Waals surface area contributed by atoms with E-state index in [2.05, 4.69) is 11.9 Å². The third-order valence-corrected chi connectivity index (χ3v) is 3.13. The summed E-state index contributed by atoms with van der Waals surface area (Å²) in [6.07, 6.45) is 3.43. The average molecular weight is 186 g/mol. The Kier molecular flexibility index (Phi) is 4.70. The van der Waals surface area contributed by atoms with Gasteiger partial charge in [0.05, 0.1) is 0 Å². The van der Waals surface area contributed by atoms with Gasteiger partial charge in [0.25, 0.3) is 0 Å². The molecule has 0 aromatic carbocycles. The number of likely N-dealkylation sites (tertiary alicyclic amines) is 1. The summed E-state index contributed by atoms with van der Waals surface area (Å²) in [5.74, 6) is 1.23. The maximum absolute atomic E-state index is 8.90. The number of rotatable bonds is 4. The number of aliphatic hydroxyl groups is 1. The minimum Gasteiger partial charge on any atom is -0.396 e. The van der Waals surface area contributed by atoms with Gasteiger partial charge in [-0.2, -0.15) is 0 Å². The first-order chi connectivity index (χ1) is 6.27. The fourth-order valence-corrected chi connectivity index (χ4v) is 2.30. The molecule has 3 nitrogen and oxygen atoms in total. The summed E-state index contributed by atoms with van der Waals surface area (Å²) in [4.78, 5) is 2.37. The Hall–Kier alpha value is -0.120. The minimum absolute atomic E-state index is 0.280. The number of hydrogen-bond donors (Lipinski definition) is 2.